The first-order chi connectivity index (χ1) is 7.29. The molecule has 0 aromatic heterocycles. The lowest BCUT2D eigenvalue weighted by molar-refractivity contribution is 0.0935. The van der Waals surface area contributed by atoms with Crippen molar-refractivity contribution in [3.8, 4) is 0 Å². The van der Waals surface area contributed by atoms with Gasteiger partial charge in [0.25, 0.3) is 5.91 Å². The Balaban J connectivity index is 2.77. The second-order valence-corrected chi connectivity index (χ2v) is 5.23. The van der Waals surface area contributed by atoms with Crippen LogP contribution in [0.15, 0.2) is 18.2 Å². The van der Waals surface area contributed by atoms with Gasteiger partial charge in [0.1, 0.15) is 5.82 Å². The third kappa shape index (κ3) is 3.65. The van der Waals surface area contributed by atoms with Crippen LogP contribution in [0.5, 0.6) is 0 Å². The normalized spacial score (nSPS) is 11.3. The number of halogens is 1. The molecule has 0 saturated carbocycles. The maximum atomic E-state index is 13.4. The van der Waals surface area contributed by atoms with E-state index in [1.54, 1.807) is 12.1 Å². The zero-order valence-electron chi connectivity index (χ0n) is 10.2. The summed E-state index contributed by atoms with van der Waals surface area (Å²) >= 11 is 0. The van der Waals surface area contributed by atoms with Gasteiger partial charge in [-0.15, -0.1) is 0 Å². The van der Waals surface area contributed by atoms with Crippen LogP contribution in [0.25, 0.3) is 0 Å². The predicted molar refractivity (Wildman–Crippen MR) is 62.9 cm³/mol. The lowest BCUT2D eigenvalue weighted by atomic mass is 9.97. The SMILES string of the molecule is Cc1ccc(F)c(C(=O)NCC(C)(C)C)c1. The molecule has 1 rings (SSSR count). The van der Waals surface area contributed by atoms with E-state index in [-0.39, 0.29) is 16.9 Å². The number of amides is 1. The van der Waals surface area contributed by atoms with Crippen LogP contribution in [0.4, 0.5) is 4.39 Å². The highest BCUT2D eigenvalue weighted by Crippen LogP contribution is 2.13. The summed E-state index contributed by atoms with van der Waals surface area (Å²) in [7, 11) is 0. The fourth-order valence-corrected chi connectivity index (χ4v) is 1.25. The van der Waals surface area contributed by atoms with E-state index in [0.29, 0.717) is 6.54 Å². The molecule has 1 aromatic rings. The van der Waals surface area contributed by atoms with Crippen molar-refractivity contribution in [2.24, 2.45) is 5.41 Å². The number of benzene rings is 1. The number of hydrogen-bond acceptors (Lipinski definition) is 1. The van der Waals surface area contributed by atoms with Gasteiger partial charge in [-0.25, -0.2) is 4.39 Å². The predicted octanol–water partition coefficient (Wildman–Crippen LogP) is 2.91. The molecule has 16 heavy (non-hydrogen) atoms. The minimum absolute atomic E-state index is 0.00401. The minimum atomic E-state index is -0.475. The number of carbonyl (C=O) groups excluding carboxylic acids is 1. The zero-order chi connectivity index (χ0) is 12.3. The minimum Gasteiger partial charge on any atom is -0.351 e. The van der Waals surface area contributed by atoms with Crippen molar-refractivity contribution in [3.63, 3.8) is 0 Å². The van der Waals surface area contributed by atoms with E-state index in [2.05, 4.69) is 5.32 Å². The molecule has 0 atom stereocenters. The fourth-order valence-electron chi connectivity index (χ4n) is 1.25. The molecule has 0 aliphatic carbocycles. The van der Waals surface area contributed by atoms with Crippen LogP contribution in [0.1, 0.15) is 36.7 Å². The summed E-state index contributed by atoms with van der Waals surface area (Å²) in [6.45, 7) is 8.40. The van der Waals surface area contributed by atoms with Gasteiger partial charge in [-0.3, -0.25) is 4.79 Å². The van der Waals surface area contributed by atoms with Crippen LogP contribution in [0.3, 0.4) is 0 Å². The standard InChI is InChI=1S/C13H18FNO/c1-9-5-6-11(14)10(7-9)12(16)15-8-13(2,3)4/h5-7H,8H2,1-4H3,(H,15,16). The maximum absolute atomic E-state index is 13.4. The first kappa shape index (κ1) is 12.7. The van der Waals surface area contributed by atoms with Crippen molar-refractivity contribution in [2.45, 2.75) is 27.7 Å². The monoisotopic (exact) mass is 223 g/mol. The summed E-state index contributed by atoms with van der Waals surface area (Å²) in [5.41, 5.74) is 0.988. The molecule has 1 amide bonds. The van der Waals surface area contributed by atoms with Crippen molar-refractivity contribution < 1.29 is 9.18 Å². The Morgan fingerprint density at radius 1 is 1.38 bits per heavy atom. The molecule has 0 unspecified atom stereocenters. The zero-order valence-corrected chi connectivity index (χ0v) is 10.2. The van der Waals surface area contributed by atoms with E-state index in [9.17, 15) is 9.18 Å². The molecule has 3 heteroatoms. The van der Waals surface area contributed by atoms with Gasteiger partial charge in [-0.2, -0.15) is 0 Å². The van der Waals surface area contributed by atoms with Crippen molar-refractivity contribution in [1.29, 1.82) is 0 Å². The summed E-state index contributed by atoms with van der Waals surface area (Å²) in [6.07, 6.45) is 0. The van der Waals surface area contributed by atoms with Crippen molar-refractivity contribution in [3.05, 3.63) is 35.1 Å². The number of rotatable bonds is 2. The molecule has 1 aromatic carbocycles. The molecule has 88 valence electrons. The summed E-state index contributed by atoms with van der Waals surface area (Å²) in [6, 6.07) is 4.53. The molecule has 0 heterocycles. The molecular formula is C13H18FNO. The third-order valence-corrected chi connectivity index (χ3v) is 2.15. The lowest BCUT2D eigenvalue weighted by Crippen LogP contribution is -2.32. The van der Waals surface area contributed by atoms with Crippen LogP contribution in [-0.2, 0) is 0 Å². The Bertz CT molecular complexity index is 393. The largest absolute Gasteiger partial charge is 0.351 e. The number of aryl methyl sites for hydroxylation is 1. The number of carbonyl (C=O) groups is 1. The van der Waals surface area contributed by atoms with Crippen LogP contribution in [0.2, 0.25) is 0 Å². The molecule has 0 radical (unpaired) electrons. The van der Waals surface area contributed by atoms with Gasteiger partial charge in [-0.1, -0.05) is 32.4 Å². The van der Waals surface area contributed by atoms with Gasteiger partial charge in [0.15, 0.2) is 0 Å². The Morgan fingerprint density at radius 2 is 2.00 bits per heavy atom. The van der Waals surface area contributed by atoms with Crippen molar-refractivity contribution in [2.75, 3.05) is 6.54 Å². The molecule has 0 spiro atoms. The molecular weight excluding hydrogens is 205 g/mol. The first-order valence-electron chi connectivity index (χ1n) is 5.34. The Morgan fingerprint density at radius 3 is 2.56 bits per heavy atom. The number of hydrogen-bond donors (Lipinski definition) is 1. The van der Waals surface area contributed by atoms with Gasteiger partial charge in [0, 0.05) is 6.54 Å². The highest BCUT2D eigenvalue weighted by atomic mass is 19.1. The molecule has 0 saturated heterocycles. The summed E-state index contributed by atoms with van der Waals surface area (Å²) in [5.74, 6) is -0.826. The quantitative estimate of drug-likeness (QED) is 0.820. The van der Waals surface area contributed by atoms with Crippen LogP contribution < -0.4 is 5.32 Å². The molecule has 0 aliphatic rings. The summed E-state index contributed by atoms with van der Waals surface area (Å²) in [4.78, 5) is 11.7. The third-order valence-electron chi connectivity index (χ3n) is 2.15. The van der Waals surface area contributed by atoms with Crippen LogP contribution >= 0.6 is 0 Å². The molecule has 0 bridgehead atoms. The van der Waals surface area contributed by atoms with Gasteiger partial charge in [0.2, 0.25) is 0 Å². The lowest BCUT2D eigenvalue weighted by Gasteiger charge is -2.18. The second kappa shape index (κ2) is 4.64. The average molecular weight is 223 g/mol. The molecule has 0 aliphatic heterocycles. The van der Waals surface area contributed by atoms with Crippen LogP contribution in [-0.4, -0.2) is 12.5 Å². The van der Waals surface area contributed by atoms with Gasteiger partial charge >= 0.3 is 0 Å². The first-order valence-corrected chi connectivity index (χ1v) is 5.34. The fraction of sp³-hybridized carbons (Fsp3) is 0.462. The van der Waals surface area contributed by atoms with E-state index in [1.165, 1.54) is 6.07 Å². The van der Waals surface area contributed by atoms with E-state index in [0.717, 1.165) is 5.56 Å². The molecule has 1 N–H and O–H groups in total. The van der Waals surface area contributed by atoms with Crippen molar-refractivity contribution in [1.82, 2.24) is 5.32 Å². The van der Waals surface area contributed by atoms with E-state index in [1.807, 2.05) is 27.7 Å². The van der Waals surface area contributed by atoms with Crippen molar-refractivity contribution >= 4 is 5.91 Å². The Labute approximate surface area is 95.9 Å². The average Bonchev–Trinajstić information content (AvgIpc) is 2.17. The maximum Gasteiger partial charge on any atom is 0.254 e. The van der Waals surface area contributed by atoms with Gasteiger partial charge in [-0.05, 0) is 24.5 Å². The summed E-state index contributed by atoms with van der Waals surface area (Å²) < 4.78 is 13.4. The summed E-state index contributed by atoms with van der Waals surface area (Å²) in [5, 5.41) is 2.73. The highest BCUT2D eigenvalue weighted by Gasteiger charge is 2.15. The Hall–Kier alpha value is -1.38. The van der Waals surface area contributed by atoms with Crippen LogP contribution in [0, 0.1) is 18.2 Å². The van der Waals surface area contributed by atoms with Gasteiger partial charge < -0.3 is 5.32 Å². The highest BCUT2D eigenvalue weighted by molar-refractivity contribution is 5.94. The van der Waals surface area contributed by atoms with E-state index < -0.39 is 5.82 Å². The topological polar surface area (TPSA) is 29.1 Å². The molecule has 2 nitrogen and oxygen atoms in total. The number of nitrogens with one attached hydrogen (secondary N) is 1. The smallest absolute Gasteiger partial charge is 0.254 e. The van der Waals surface area contributed by atoms with E-state index >= 15 is 0 Å². The molecule has 0 fully saturated rings. The second-order valence-electron chi connectivity index (χ2n) is 5.23. The van der Waals surface area contributed by atoms with E-state index in [4.69, 9.17) is 0 Å². The Kier molecular flexibility index (Phi) is 3.68. The van der Waals surface area contributed by atoms with Gasteiger partial charge in [0.05, 0.1) is 5.56 Å².